The van der Waals surface area contributed by atoms with Gasteiger partial charge in [0.05, 0.1) is 12.5 Å². The van der Waals surface area contributed by atoms with E-state index in [4.69, 9.17) is 4.74 Å². The average Bonchev–Trinajstić information content (AvgIpc) is 3.18. The molecule has 19 heavy (non-hydrogen) atoms. The van der Waals surface area contributed by atoms with Crippen LogP contribution in [0.3, 0.4) is 0 Å². The number of nitrogens with one attached hydrogen (secondary N) is 1. The van der Waals surface area contributed by atoms with Crippen molar-refractivity contribution in [2.75, 3.05) is 20.2 Å². The lowest BCUT2D eigenvalue weighted by Gasteiger charge is -2.44. The van der Waals surface area contributed by atoms with Gasteiger partial charge in [0, 0.05) is 6.54 Å². The topological polar surface area (TPSA) is 38.3 Å². The van der Waals surface area contributed by atoms with Crippen molar-refractivity contribution in [2.45, 2.75) is 52.9 Å². The predicted molar refractivity (Wildman–Crippen MR) is 76.8 cm³/mol. The van der Waals surface area contributed by atoms with Gasteiger partial charge >= 0.3 is 5.97 Å². The molecule has 1 aliphatic heterocycles. The average molecular weight is 267 g/mol. The van der Waals surface area contributed by atoms with E-state index >= 15 is 0 Å². The zero-order chi connectivity index (χ0) is 14.1. The van der Waals surface area contributed by atoms with E-state index in [0.29, 0.717) is 5.92 Å². The van der Waals surface area contributed by atoms with Crippen LogP contribution in [0.1, 0.15) is 52.9 Å². The SMILES string of the molecule is COC(=O)[C@@]1(CCC2CC2)CNC[C@H](C(C)(C)C)C1. The summed E-state index contributed by atoms with van der Waals surface area (Å²) in [5.74, 6) is 1.41. The number of esters is 1. The molecule has 3 heteroatoms. The molecule has 1 saturated heterocycles. The van der Waals surface area contributed by atoms with Crippen LogP contribution in [-0.2, 0) is 9.53 Å². The van der Waals surface area contributed by atoms with Crippen LogP contribution >= 0.6 is 0 Å². The van der Waals surface area contributed by atoms with Crippen LogP contribution in [-0.4, -0.2) is 26.2 Å². The van der Waals surface area contributed by atoms with Gasteiger partial charge in [-0.25, -0.2) is 0 Å². The first-order valence-electron chi connectivity index (χ1n) is 7.66. The monoisotopic (exact) mass is 267 g/mol. The molecule has 1 N–H and O–H groups in total. The van der Waals surface area contributed by atoms with E-state index in [1.807, 2.05) is 0 Å². The molecule has 2 rings (SSSR count). The van der Waals surface area contributed by atoms with Crippen molar-refractivity contribution in [2.24, 2.45) is 22.7 Å². The zero-order valence-electron chi connectivity index (χ0n) is 12.9. The summed E-state index contributed by atoms with van der Waals surface area (Å²) in [6.07, 6.45) is 5.86. The lowest BCUT2D eigenvalue weighted by atomic mass is 9.66. The maximum Gasteiger partial charge on any atom is 0.313 e. The van der Waals surface area contributed by atoms with Crippen molar-refractivity contribution in [1.29, 1.82) is 0 Å². The van der Waals surface area contributed by atoms with Gasteiger partial charge in [-0.05, 0) is 43.1 Å². The van der Waals surface area contributed by atoms with E-state index in [0.717, 1.165) is 31.8 Å². The highest BCUT2D eigenvalue weighted by atomic mass is 16.5. The molecule has 2 aliphatic rings. The third kappa shape index (κ3) is 3.50. The maximum absolute atomic E-state index is 12.3. The van der Waals surface area contributed by atoms with Gasteiger partial charge < -0.3 is 10.1 Å². The highest BCUT2D eigenvalue weighted by Crippen LogP contribution is 2.45. The largest absolute Gasteiger partial charge is 0.469 e. The first-order valence-corrected chi connectivity index (χ1v) is 7.66. The second kappa shape index (κ2) is 5.43. The van der Waals surface area contributed by atoms with Gasteiger partial charge in [0.1, 0.15) is 0 Å². The number of piperidine rings is 1. The molecule has 0 amide bonds. The van der Waals surface area contributed by atoms with Crippen LogP contribution in [0.2, 0.25) is 0 Å². The Balaban J connectivity index is 2.08. The van der Waals surface area contributed by atoms with Crippen molar-refractivity contribution >= 4 is 5.97 Å². The highest BCUT2D eigenvalue weighted by Gasteiger charge is 2.46. The molecule has 0 bridgehead atoms. The molecule has 0 radical (unpaired) electrons. The summed E-state index contributed by atoms with van der Waals surface area (Å²) in [6.45, 7) is 8.62. The molecule has 0 unspecified atom stereocenters. The number of methoxy groups -OCH3 is 1. The number of hydrogen-bond acceptors (Lipinski definition) is 3. The summed E-state index contributed by atoms with van der Waals surface area (Å²) < 4.78 is 5.13. The van der Waals surface area contributed by atoms with Gasteiger partial charge in [-0.3, -0.25) is 4.79 Å². The Morgan fingerprint density at radius 1 is 1.37 bits per heavy atom. The summed E-state index contributed by atoms with van der Waals surface area (Å²) >= 11 is 0. The quantitative estimate of drug-likeness (QED) is 0.796. The molecule has 110 valence electrons. The molecule has 1 heterocycles. The fraction of sp³-hybridized carbons (Fsp3) is 0.938. The molecule has 2 atom stereocenters. The molecule has 0 aromatic rings. The van der Waals surface area contributed by atoms with Crippen LogP contribution < -0.4 is 5.32 Å². The van der Waals surface area contributed by atoms with Crippen LogP contribution in [0.4, 0.5) is 0 Å². The van der Waals surface area contributed by atoms with Gasteiger partial charge in [-0.1, -0.05) is 33.6 Å². The van der Waals surface area contributed by atoms with Gasteiger partial charge in [-0.15, -0.1) is 0 Å². The van der Waals surface area contributed by atoms with E-state index in [-0.39, 0.29) is 16.8 Å². The molecule has 1 saturated carbocycles. The van der Waals surface area contributed by atoms with Crippen LogP contribution in [0.25, 0.3) is 0 Å². The Labute approximate surface area is 117 Å². The second-order valence-electron chi connectivity index (χ2n) is 7.65. The van der Waals surface area contributed by atoms with E-state index < -0.39 is 0 Å². The third-order valence-electron chi connectivity index (χ3n) is 5.06. The third-order valence-corrected chi connectivity index (χ3v) is 5.06. The predicted octanol–water partition coefficient (Wildman–Crippen LogP) is 2.99. The maximum atomic E-state index is 12.3. The Morgan fingerprint density at radius 2 is 2.05 bits per heavy atom. The van der Waals surface area contributed by atoms with Crippen molar-refractivity contribution in [3.05, 3.63) is 0 Å². The van der Waals surface area contributed by atoms with E-state index in [1.165, 1.54) is 26.4 Å². The standard InChI is InChI=1S/C16H29NO2/c1-15(2,3)13-9-16(11-17-10-13,14(18)19-4)8-7-12-5-6-12/h12-13,17H,5-11H2,1-4H3/t13-,16-/m1/s1. The van der Waals surface area contributed by atoms with Crippen LogP contribution in [0, 0.1) is 22.7 Å². The Bertz CT molecular complexity index is 330. The molecular weight excluding hydrogens is 238 g/mol. The molecule has 1 aliphatic carbocycles. The number of hydrogen-bond donors (Lipinski definition) is 1. The Hall–Kier alpha value is -0.570. The minimum absolute atomic E-state index is 0.00500. The first kappa shape index (κ1) is 14.8. The first-order chi connectivity index (χ1) is 8.87. The summed E-state index contributed by atoms with van der Waals surface area (Å²) in [7, 11) is 1.53. The van der Waals surface area contributed by atoms with Gasteiger partial charge in [-0.2, -0.15) is 0 Å². The summed E-state index contributed by atoms with van der Waals surface area (Å²) in [5.41, 5.74) is -0.0419. The Kier molecular flexibility index (Phi) is 4.24. The number of carbonyl (C=O) groups excluding carboxylic acids is 1. The number of rotatable bonds is 4. The van der Waals surface area contributed by atoms with Crippen molar-refractivity contribution < 1.29 is 9.53 Å². The Morgan fingerprint density at radius 3 is 2.58 bits per heavy atom. The van der Waals surface area contributed by atoms with Crippen LogP contribution in [0.15, 0.2) is 0 Å². The van der Waals surface area contributed by atoms with Crippen molar-refractivity contribution in [3.8, 4) is 0 Å². The highest BCUT2D eigenvalue weighted by molar-refractivity contribution is 5.77. The van der Waals surface area contributed by atoms with Crippen molar-refractivity contribution in [3.63, 3.8) is 0 Å². The van der Waals surface area contributed by atoms with E-state index in [2.05, 4.69) is 26.1 Å². The molecule has 0 aromatic heterocycles. The van der Waals surface area contributed by atoms with Gasteiger partial charge in [0.25, 0.3) is 0 Å². The number of ether oxygens (including phenoxy) is 1. The fourth-order valence-corrected chi connectivity index (χ4v) is 3.27. The molecule has 0 spiro atoms. The smallest absolute Gasteiger partial charge is 0.313 e. The lowest BCUT2D eigenvalue weighted by molar-refractivity contribution is -0.156. The minimum Gasteiger partial charge on any atom is -0.469 e. The number of carbonyl (C=O) groups is 1. The van der Waals surface area contributed by atoms with Crippen LogP contribution in [0.5, 0.6) is 0 Å². The fourth-order valence-electron chi connectivity index (χ4n) is 3.27. The molecule has 0 aromatic carbocycles. The van der Waals surface area contributed by atoms with Gasteiger partial charge in [0.15, 0.2) is 0 Å². The molecule has 3 nitrogen and oxygen atoms in total. The van der Waals surface area contributed by atoms with Gasteiger partial charge in [0.2, 0.25) is 0 Å². The minimum atomic E-state index is -0.284. The van der Waals surface area contributed by atoms with E-state index in [9.17, 15) is 4.79 Å². The summed E-state index contributed by atoms with van der Waals surface area (Å²) in [5, 5.41) is 3.49. The van der Waals surface area contributed by atoms with Crippen molar-refractivity contribution in [1.82, 2.24) is 5.32 Å². The molecular formula is C16H29NO2. The second-order valence-corrected chi connectivity index (χ2v) is 7.65. The zero-order valence-corrected chi connectivity index (χ0v) is 12.9. The summed E-state index contributed by atoms with van der Waals surface area (Å²) in [6, 6.07) is 0. The van der Waals surface area contributed by atoms with E-state index in [1.54, 1.807) is 0 Å². The normalized spacial score (nSPS) is 32.1. The summed E-state index contributed by atoms with van der Waals surface area (Å²) in [4.78, 5) is 12.3. The lowest BCUT2D eigenvalue weighted by Crippen LogP contribution is -2.52. The molecule has 2 fully saturated rings.